The van der Waals surface area contributed by atoms with Crippen LogP contribution in [0.4, 0.5) is 15.8 Å². The highest BCUT2D eigenvalue weighted by Gasteiger charge is 2.27. The van der Waals surface area contributed by atoms with Crippen molar-refractivity contribution in [1.29, 1.82) is 0 Å². The maximum atomic E-state index is 13.8. The molecule has 1 N–H and O–H groups in total. The van der Waals surface area contributed by atoms with Gasteiger partial charge in [0.25, 0.3) is 17.7 Å². The van der Waals surface area contributed by atoms with Crippen molar-refractivity contribution in [2.75, 3.05) is 43.4 Å². The first-order valence-electron chi connectivity index (χ1n) is 13.0. The van der Waals surface area contributed by atoms with E-state index in [2.05, 4.69) is 10.2 Å². The summed E-state index contributed by atoms with van der Waals surface area (Å²) in [5.41, 5.74) is 2.89. The molecular formula is C31H29FN4O4. The summed E-state index contributed by atoms with van der Waals surface area (Å²) in [6.45, 7) is 2.40. The molecule has 0 spiro atoms. The van der Waals surface area contributed by atoms with Crippen LogP contribution < -0.4 is 10.2 Å². The molecule has 9 heteroatoms. The number of hydrogen-bond acceptors (Lipinski definition) is 5. The van der Waals surface area contributed by atoms with Crippen molar-refractivity contribution in [2.24, 2.45) is 0 Å². The molecule has 4 aromatic rings. The van der Waals surface area contributed by atoms with Crippen LogP contribution in [-0.4, -0.2) is 60.7 Å². The molecule has 0 atom stereocenters. The number of amides is 3. The summed E-state index contributed by atoms with van der Waals surface area (Å²) in [5.74, 6) is -0.906. The summed E-state index contributed by atoms with van der Waals surface area (Å²) < 4.78 is 18.6. The summed E-state index contributed by atoms with van der Waals surface area (Å²) >= 11 is 0. The summed E-state index contributed by atoms with van der Waals surface area (Å²) in [6, 6.07) is 23.5. The zero-order valence-electron chi connectivity index (χ0n) is 22.0. The number of furan rings is 1. The molecule has 40 heavy (non-hydrogen) atoms. The smallest absolute Gasteiger partial charge is 0.289 e. The molecule has 0 saturated carbocycles. The second-order valence-corrected chi connectivity index (χ2v) is 9.60. The van der Waals surface area contributed by atoms with Crippen LogP contribution in [0.1, 0.15) is 36.8 Å². The minimum atomic E-state index is -0.429. The fraction of sp³-hybridized carbons (Fsp3) is 0.194. The van der Waals surface area contributed by atoms with Gasteiger partial charge in [-0.15, -0.1) is 0 Å². The topological polar surface area (TPSA) is 86.1 Å². The van der Waals surface area contributed by atoms with Gasteiger partial charge in [-0.1, -0.05) is 30.3 Å². The minimum absolute atomic E-state index is 0.164. The Morgan fingerprint density at radius 3 is 2.30 bits per heavy atom. The molecule has 1 aliphatic rings. The quantitative estimate of drug-likeness (QED) is 0.360. The van der Waals surface area contributed by atoms with Gasteiger partial charge >= 0.3 is 0 Å². The highest BCUT2D eigenvalue weighted by atomic mass is 19.1. The number of anilines is 2. The number of nitrogens with zero attached hydrogens (tertiary/aromatic N) is 3. The Morgan fingerprint density at radius 1 is 0.900 bits per heavy atom. The number of piperazine rings is 1. The normalized spacial score (nSPS) is 13.2. The van der Waals surface area contributed by atoms with Crippen LogP contribution in [0.2, 0.25) is 0 Å². The molecule has 1 saturated heterocycles. The SMILES string of the molecule is CN(Cc1ccccc1)C(=O)c1cc(NC(=O)c2ccc(F)cc2)ccc1N1CCN(C(=O)c2ccco2)CC1. The van der Waals surface area contributed by atoms with Crippen LogP contribution in [0.25, 0.3) is 0 Å². The van der Waals surface area contributed by atoms with E-state index in [1.165, 1.54) is 30.5 Å². The van der Waals surface area contributed by atoms with Crippen molar-refractivity contribution in [3.63, 3.8) is 0 Å². The number of halogens is 1. The van der Waals surface area contributed by atoms with Crippen LogP contribution in [0.5, 0.6) is 0 Å². The van der Waals surface area contributed by atoms with Crippen molar-refractivity contribution in [3.8, 4) is 0 Å². The molecule has 3 aromatic carbocycles. The molecule has 2 heterocycles. The van der Waals surface area contributed by atoms with Gasteiger partial charge in [0.05, 0.1) is 11.8 Å². The lowest BCUT2D eigenvalue weighted by Gasteiger charge is -2.37. The Bertz CT molecular complexity index is 1480. The van der Waals surface area contributed by atoms with Crippen LogP contribution in [0.15, 0.2) is 95.6 Å². The number of rotatable bonds is 7. The van der Waals surface area contributed by atoms with Gasteiger partial charge in [-0.25, -0.2) is 4.39 Å². The second kappa shape index (κ2) is 11.9. The molecular weight excluding hydrogens is 511 g/mol. The van der Waals surface area contributed by atoms with Crippen molar-refractivity contribution >= 4 is 29.1 Å². The summed E-state index contributed by atoms with van der Waals surface area (Å²) in [5, 5.41) is 2.82. The van der Waals surface area contributed by atoms with Crippen molar-refractivity contribution in [3.05, 3.63) is 119 Å². The zero-order chi connectivity index (χ0) is 28.1. The lowest BCUT2D eigenvalue weighted by molar-refractivity contribution is 0.0712. The fourth-order valence-corrected chi connectivity index (χ4v) is 4.71. The third-order valence-electron chi connectivity index (χ3n) is 6.84. The molecule has 1 aromatic heterocycles. The van der Waals surface area contributed by atoms with Gasteiger partial charge in [-0.2, -0.15) is 0 Å². The molecule has 0 bridgehead atoms. The second-order valence-electron chi connectivity index (χ2n) is 9.60. The monoisotopic (exact) mass is 540 g/mol. The van der Waals surface area contributed by atoms with E-state index in [4.69, 9.17) is 4.42 Å². The number of carbonyl (C=O) groups is 3. The first-order valence-corrected chi connectivity index (χ1v) is 13.0. The Hall–Kier alpha value is -4.92. The Labute approximate surface area is 231 Å². The van der Waals surface area contributed by atoms with Crippen LogP contribution >= 0.6 is 0 Å². The first-order chi connectivity index (χ1) is 19.4. The van der Waals surface area contributed by atoms with Gasteiger partial charge in [-0.05, 0) is 60.2 Å². The number of carbonyl (C=O) groups excluding carboxylic acids is 3. The van der Waals surface area contributed by atoms with Crippen LogP contribution in [0.3, 0.4) is 0 Å². The van der Waals surface area contributed by atoms with E-state index in [-0.39, 0.29) is 11.8 Å². The van der Waals surface area contributed by atoms with Crippen molar-refractivity contribution < 1.29 is 23.2 Å². The maximum Gasteiger partial charge on any atom is 0.289 e. The predicted molar refractivity (Wildman–Crippen MR) is 150 cm³/mol. The van der Waals surface area contributed by atoms with Gasteiger partial charge < -0.3 is 24.4 Å². The Kier molecular flexibility index (Phi) is 7.91. The molecule has 3 amide bonds. The van der Waals surface area contributed by atoms with Crippen molar-refractivity contribution in [2.45, 2.75) is 6.54 Å². The fourth-order valence-electron chi connectivity index (χ4n) is 4.71. The average Bonchev–Trinajstić information content (AvgIpc) is 3.52. The van der Waals surface area contributed by atoms with Crippen molar-refractivity contribution in [1.82, 2.24) is 9.80 Å². The molecule has 0 aliphatic carbocycles. The molecule has 1 fully saturated rings. The van der Waals surface area contributed by atoms with E-state index < -0.39 is 11.7 Å². The highest BCUT2D eigenvalue weighted by Crippen LogP contribution is 2.28. The summed E-state index contributed by atoms with van der Waals surface area (Å²) in [4.78, 5) is 44.7. The van der Waals surface area contributed by atoms with E-state index in [0.717, 1.165) is 11.3 Å². The standard InChI is InChI=1S/C31H29FN4O4/c1-34(21-22-6-3-2-4-7-22)30(38)26-20-25(33-29(37)23-9-11-24(32)12-10-23)13-14-27(26)35-15-17-36(18-16-35)31(39)28-8-5-19-40-28/h2-14,19-20H,15-18,21H2,1H3,(H,33,37). The van der Waals surface area contributed by atoms with E-state index in [1.807, 2.05) is 36.4 Å². The Balaban J connectivity index is 1.38. The predicted octanol–water partition coefficient (Wildman–Crippen LogP) is 4.91. The summed E-state index contributed by atoms with van der Waals surface area (Å²) in [6.07, 6.45) is 1.48. The minimum Gasteiger partial charge on any atom is -0.459 e. The number of hydrogen-bond donors (Lipinski definition) is 1. The average molecular weight is 541 g/mol. The molecule has 204 valence electrons. The number of benzene rings is 3. The van der Waals surface area contributed by atoms with Gasteiger partial charge in [0.1, 0.15) is 5.82 Å². The van der Waals surface area contributed by atoms with Gasteiger partial charge in [0.2, 0.25) is 0 Å². The van der Waals surface area contributed by atoms with E-state index in [1.54, 1.807) is 41.1 Å². The highest BCUT2D eigenvalue weighted by molar-refractivity contribution is 6.06. The van der Waals surface area contributed by atoms with Crippen LogP contribution in [0, 0.1) is 5.82 Å². The molecule has 0 unspecified atom stereocenters. The van der Waals surface area contributed by atoms with E-state index in [9.17, 15) is 18.8 Å². The third kappa shape index (κ3) is 6.04. The van der Waals surface area contributed by atoms with Gasteiger partial charge in [0.15, 0.2) is 5.76 Å². The largest absolute Gasteiger partial charge is 0.459 e. The first kappa shape index (κ1) is 26.7. The molecule has 1 aliphatic heterocycles. The molecule has 0 radical (unpaired) electrons. The van der Waals surface area contributed by atoms with Gasteiger partial charge in [0, 0.05) is 56.7 Å². The third-order valence-corrected chi connectivity index (χ3v) is 6.84. The van der Waals surface area contributed by atoms with E-state index >= 15 is 0 Å². The lowest BCUT2D eigenvalue weighted by Crippen LogP contribution is -2.49. The molecule has 8 nitrogen and oxygen atoms in total. The van der Waals surface area contributed by atoms with Crippen LogP contribution in [-0.2, 0) is 6.54 Å². The van der Waals surface area contributed by atoms with Gasteiger partial charge in [-0.3, -0.25) is 14.4 Å². The maximum absolute atomic E-state index is 13.8. The summed E-state index contributed by atoms with van der Waals surface area (Å²) in [7, 11) is 1.74. The van der Waals surface area contributed by atoms with E-state index in [0.29, 0.717) is 55.3 Å². The Morgan fingerprint density at radius 2 is 1.62 bits per heavy atom. The molecule has 5 rings (SSSR count). The lowest BCUT2D eigenvalue weighted by atomic mass is 10.1. The zero-order valence-corrected chi connectivity index (χ0v) is 22.0. The number of nitrogens with one attached hydrogen (secondary N) is 1.